The first kappa shape index (κ1) is 14.2. The summed E-state index contributed by atoms with van der Waals surface area (Å²) in [5, 5.41) is 0. The first-order valence-electron chi connectivity index (χ1n) is 6.10. The lowest BCUT2D eigenvalue weighted by Gasteiger charge is -2.23. The molecule has 2 rings (SSSR count). The fraction of sp³-hybridized carbons (Fsp3) is 0.833. The van der Waals surface area contributed by atoms with Gasteiger partial charge in [0, 0.05) is 13.8 Å². The zero-order chi connectivity index (χ0) is 14.2. The summed E-state index contributed by atoms with van der Waals surface area (Å²) in [7, 11) is 0. The second-order valence-corrected chi connectivity index (χ2v) is 5.02. The Labute approximate surface area is 111 Å². The summed E-state index contributed by atoms with van der Waals surface area (Å²) in [6.07, 6.45) is -2.30. The van der Waals surface area contributed by atoms with Crippen LogP contribution >= 0.6 is 0 Å². The van der Waals surface area contributed by atoms with Gasteiger partial charge in [0.05, 0.1) is 0 Å². The minimum atomic E-state index is -0.843. The Kier molecular flexibility index (Phi) is 3.80. The molecule has 2 aliphatic heterocycles. The van der Waals surface area contributed by atoms with Crippen molar-refractivity contribution < 1.29 is 33.3 Å². The van der Waals surface area contributed by atoms with Crippen LogP contribution in [0.1, 0.15) is 27.7 Å². The molecule has 2 fully saturated rings. The van der Waals surface area contributed by atoms with E-state index in [4.69, 9.17) is 23.7 Å². The average Bonchev–Trinajstić information content (AvgIpc) is 2.70. The van der Waals surface area contributed by atoms with Crippen LogP contribution in [0.15, 0.2) is 0 Å². The van der Waals surface area contributed by atoms with Crippen LogP contribution in [-0.2, 0) is 33.3 Å². The summed E-state index contributed by atoms with van der Waals surface area (Å²) in [5.74, 6) is -1.66. The van der Waals surface area contributed by atoms with E-state index in [1.165, 1.54) is 13.8 Å². The molecule has 2 saturated heterocycles. The van der Waals surface area contributed by atoms with Crippen LogP contribution < -0.4 is 0 Å². The van der Waals surface area contributed by atoms with Gasteiger partial charge in [-0.05, 0) is 13.8 Å². The molecule has 0 saturated carbocycles. The fourth-order valence-electron chi connectivity index (χ4n) is 2.23. The molecule has 0 spiro atoms. The van der Waals surface area contributed by atoms with Crippen molar-refractivity contribution >= 4 is 11.9 Å². The van der Waals surface area contributed by atoms with Gasteiger partial charge in [0.2, 0.25) is 6.29 Å². The lowest BCUT2D eigenvalue weighted by atomic mass is 10.1. The average molecular weight is 274 g/mol. The van der Waals surface area contributed by atoms with Crippen molar-refractivity contribution in [3.8, 4) is 0 Å². The minimum absolute atomic E-state index is 0.0354. The van der Waals surface area contributed by atoms with Crippen LogP contribution in [0.25, 0.3) is 0 Å². The molecule has 0 bridgehead atoms. The predicted molar refractivity (Wildman–Crippen MR) is 60.9 cm³/mol. The number of hydrogen-bond donors (Lipinski definition) is 0. The highest BCUT2D eigenvalue weighted by atomic mass is 16.8. The van der Waals surface area contributed by atoms with Crippen LogP contribution in [0, 0.1) is 0 Å². The third kappa shape index (κ3) is 3.23. The maximum atomic E-state index is 11.0. The Hall–Kier alpha value is -1.18. The zero-order valence-electron chi connectivity index (χ0n) is 11.4. The number of fused-ring (bicyclic) bond motifs is 1. The molecule has 2 aliphatic rings. The molecule has 0 aromatic carbocycles. The molecule has 4 atom stereocenters. The van der Waals surface area contributed by atoms with Crippen LogP contribution in [0.3, 0.4) is 0 Å². The molecule has 19 heavy (non-hydrogen) atoms. The first-order chi connectivity index (χ1) is 8.78. The third-order valence-electron chi connectivity index (χ3n) is 2.84. The van der Waals surface area contributed by atoms with Gasteiger partial charge in [-0.15, -0.1) is 0 Å². The molecule has 0 aliphatic carbocycles. The van der Waals surface area contributed by atoms with Crippen LogP contribution in [0.5, 0.6) is 0 Å². The van der Waals surface area contributed by atoms with E-state index >= 15 is 0 Å². The number of ether oxygens (including phenoxy) is 5. The zero-order valence-corrected chi connectivity index (χ0v) is 11.4. The molecule has 7 nitrogen and oxygen atoms in total. The highest BCUT2D eigenvalue weighted by Gasteiger charge is 2.56. The van der Waals surface area contributed by atoms with Crippen LogP contribution in [0.2, 0.25) is 0 Å². The summed E-state index contributed by atoms with van der Waals surface area (Å²) < 4.78 is 26.8. The Balaban J connectivity index is 2.05. The maximum absolute atomic E-state index is 11.0. The second kappa shape index (κ2) is 5.07. The number of carbonyl (C=O) groups is 2. The van der Waals surface area contributed by atoms with Crippen LogP contribution in [0.4, 0.5) is 0 Å². The Morgan fingerprint density at radius 3 is 2.32 bits per heavy atom. The van der Waals surface area contributed by atoms with Crippen LogP contribution in [-0.4, -0.2) is 48.9 Å². The van der Waals surface area contributed by atoms with E-state index in [-0.39, 0.29) is 6.61 Å². The van der Waals surface area contributed by atoms with Crippen molar-refractivity contribution in [2.75, 3.05) is 6.61 Å². The highest BCUT2D eigenvalue weighted by Crippen LogP contribution is 2.39. The van der Waals surface area contributed by atoms with Crippen molar-refractivity contribution in [3.05, 3.63) is 0 Å². The Bertz CT molecular complexity index is 378. The normalized spacial score (nSPS) is 35.8. The molecule has 7 heteroatoms. The van der Waals surface area contributed by atoms with Gasteiger partial charge in [-0.1, -0.05) is 0 Å². The molecule has 0 radical (unpaired) electrons. The van der Waals surface area contributed by atoms with E-state index < -0.39 is 42.3 Å². The fourth-order valence-corrected chi connectivity index (χ4v) is 2.23. The Morgan fingerprint density at radius 2 is 1.74 bits per heavy atom. The predicted octanol–water partition coefficient (Wildman–Crippen LogP) is 0.358. The topological polar surface area (TPSA) is 80.3 Å². The van der Waals surface area contributed by atoms with E-state index in [1.807, 2.05) is 0 Å². The standard InChI is InChI=1S/C12H18O7/c1-6(13)15-5-8-9-10(19-12(3,4)18-9)11(17-8)16-7(2)14/h8-11H,5H2,1-4H3/t8-,9-,10-,11-/m1/s1. The van der Waals surface area contributed by atoms with E-state index in [9.17, 15) is 9.59 Å². The number of hydrogen-bond acceptors (Lipinski definition) is 7. The van der Waals surface area contributed by atoms with Gasteiger partial charge in [-0.25, -0.2) is 0 Å². The van der Waals surface area contributed by atoms with Gasteiger partial charge < -0.3 is 23.7 Å². The highest BCUT2D eigenvalue weighted by molar-refractivity contribution is 5.66. The van der Waals surface area contributed by atoms with Crippen molar-refractivity contribution in [3.63, 3.8) is 0 Å². The first-order valence-corrected chi connectivity index (χ1v) is 6.10. The number of carbonyl (C=O) groups excluding carboxylic acids is 2. The lowest BCUT2D eigenvalue weighted by molar-refractivity contribution is -0.234. The molecule has 108 valence electrons. The van der Waals surface area contributed by atoms with E-state index in [0.29, 0.717) is 0 Å². The molecule has 0 amide bonds. The van der Waals surface area contributed by atoms with Crippen molar-refractivity contribution in [2.24, 2.45) is 0 Å². The summed E-state index contributed by atoms with van der Waals surface area (Å²) in [6, 6.07) is 0. The lowest BCUT2D eigenvalue weighted by Crippen LogP contribution is -2.33. The second-order valence-electron chi connectivity index (χ2n) is 5.02. The van der Waals surface area contributed by atoms with Gasteiger partial charge in [-0.3, -0.25) is 9.59 Å². The number of esters is 2. The van der Waals surface area contributed by atoms with E-state index in [1.54, 1.807) is 13.8 Å². The van der Waals surface area contributed by atoms with Gasteiger partial charge in [0.15, 0.2) is 11.9 Å². The summed E-state index contributed by atoms with van der Waals surface area (Å²) >= 11 is 0. The van der Waals surface area contributed by atoms with Gasteiger partial charge in [-0.2, -0.15) is 0 Å². The minimum Gasteiger partial charge on any atom is -0.463 e. The monoisotopic (exact) mass is 274 g/mol. The Morgan fingerprint density at radius 1 is 1.11 bits per heavy atom. The van der Waals surface area contributed by atoms with Gasteiger partial charge in [0.25, 0.3) is 0 Å². The summed E-state index contributed by atoms with van der Waals surface area (Å²) in [5.41, 5.74) is 0. The van der Waals surface area contributed by atoms with E-state index in [0.717, 1.165) is 0 Å². The molecular formula is C12H18O7. The van der Waals surface area contributed by atoms with Gasteiger partial charge in [0.1, 0.15) is 18.8 Å². The van der Waals surface area contributed by atoms with Crippen molar-refractivity contribution in [1.29, 1.82) is 0 Å². The molecule has 0 aromatic heterocycles. The maximum Gasteiger partial charge on any atom is 0.305 e. The molecular weight excluding hydrogens is 256 g/mol. The van der Waals surface area contributed by atoms with Crippen molar-refractivity contribution in [1.82, 2.24) is 0 Å². The van der Waals surface area contributed by atoms with Crippen molar-refractivity contribution in [2.45, 2.75) is 58.1 Å². The molecule has 0 aromatic rings. The summed E-state index contributed by atoms with van der Waals surface area (Å²) in [4.78, 5) is 21.9. The third-order valence-corrected chi connectivity index (χ3v) is 2.84. The van der Waals surface area contributed by atoms with Gasteiger partial charge >= 0.3 is 11.9 Å². The molecule has 2 heterocycles. The van der Waals surface area contributed by atoms with E-state index in [2.05, 4.69) is 0 Å². The molecule has 0 unspecified atom stereocenters. The molecule has 0 N–H and O–H groups in total. The SMILES string of the molecule is CC(=O)OC[C@H]1O[C@@H](OC(C)=O)[C@@H]2OC(C)(C)O[C@@H]21. The number of rotatable bonds is 3. The quantitative estimate of drug-likeness (QED) is 0.687. The summed E-state index contributed by atoms with van der Waals surface area (Å²) in [6.45, 7) is 6.16. The smallest absolute Gasteiger partial charge is 0.305 e. The largest absolute Gasteiger partial charge is 0.463 e.